The SMILES string of the molecule is O=C(OCCCCCCCCCCOC(=O)c1ccc(Cl)cc1)c1ccc(Cl)cc1. The first-order valence-corrected chi connectivity index (χ1v) is 11.2. The van der Waals surface area contributed by atoms with Gasteiger partial charge in [0.2, 0.25) is 0 Å². The van der Waals surface area contributed by atoms with E-state index in [0.29, 0.717) is 34.4 Å². The van der Waals surface area contributed by atoms with Crippen LogP contribution in [0.25, 0.3) is 0 Å². The van der Waals surface area contributed by atoms with Crippen molar-refractivity contribution >= 4 is 35.1 Å². The summed E-state index contributed by atoms with van der Waals surface area (Å²) in [7, 11) is 0. The van der Waals surface area contributed by atoms with Crippen LogP contribution in [0.3, 0.4) is 0 Å². The zero-order chi connectivity index (χ0) is 21.6. The Morgan fingerprint density at radius 3 is 1.17 bits per heavy atom. The second kappa shape index (κ2) is 14.1. The lowest BCUT2D eigenvalue weighted by Crippen LogP contribution is -2.06. The van der Waals surface area contributed by atoms with Gasteiger partial charge < -0.3 is 9.47 Å². The van der Waals surface area contributed by atoms with Crippen LogP contribution in [0, 0.1) is 0 Å². The zero-order valence-corrected chi connectivity index (χ0v) is 18.6. The zero-order valence-electron chi connectivity index (χ0n) is 17.1. The molecule has 0 aliphatic carbocycles. The second-order valence-corrected chi connectivity index (χ2v) is 7.99. The van der Waals surface area contributed by atoms with Gasteiger partial charge in [0.15, 0.2) is 0 Å². The Hall–Kier alpha value is -2.04. The molecule has 0 saturated carbocycles. The van der Waals surface area contributed by atoms with Gasteiger partial charge in [-0.1, -0.05) is 61.7 Å². The molecule has 0 saturated heterocycles. The van der Waals surface area contributed by atoms with Crippen LogP contribution >= 0.6 is 23.2 Å². The highest BCUT2D eigenvalue weighted by atomic mass is 35.5. The summed E-state index contributed by atoms with van der Waals surface area (Å²) in [6, 6.07) is 13.4. The molecule has 0 fully saturated rings. The fraction of sp³-hybridized carbons (Fsp3) is 0.417. The fourth-order valence-corrected chi connectivity index (χ4v) is 3.19. The van der Waals surface area contributed by atoms with Crippen LogP contribution in [0.15, 0.2) is 48.5 Å². The smallest absolute Gasteiger partial charge is 0.338 e. The number of hydrogen-bond donors (Lipinski definition) is 0. The quantitative estimate of drug-likeness (QED) is 0.240. The lowest BCUT2D eigenvalue weighted by atomic mass is 10.1. The Kier molecular flexibility index (Phi) is 11.3. The van der Waals surface area contributed by atoms with Gasteiger partial charge >= 0.3 is 11.9 Å². The molecule has 6 heteroatoms. The average molecular weight is 451 g/mol. The third-order valence-corrected chi connectivity index (χ3v) is 5.17. The van der Waals surface area contributed by atoms with Crippen LogP contribution < -0.4 is 0 Å². The predicted molar refractivity (Wildman–Crippen MR) is 120 cm³/mol. The molecular formula is C24H28Cl2O4. The van der Waals surface area contributed by atoms with Gasteiger partial charge in [0.1, 0.15) is 0 Å². The maximum atomic E-state index is 11.9. The third kappa shape index (κ3) is 9.64. The molecule has 0 atom stereocenters. The minimum atomic E-state index is -0.302. The fourth-order valence-electron chi connectivity index (χ4n) is 2.93. The van der Waals surface area contributed by atoms with Crippen LogP contribution in [0.4, 0.5) is 0 Å². The van der Waals surface area contributed by atoms with Crippen molar-refractivity contribution in [3.05, 3.63) is 69.7 Å². The summed E-state index contributed by atoms with van der Waals surface area (Å²) in [5.41, 5.74) is 1.05. The number of ether oxygens (including phenoxy) is 2. The summed E-state index contributed by atoms with van der Waals surface area (Å²) in [5.74, 6) is -0.605. The summed E-state index contributed by atoms with van der Waals surface area (Å²) < 4.78 is 10.5. The molecule has 0 unspecified atom stereocenters. The van der Waals surface area contributed by atoms with Crippen LogP contribution in [0.5, 0.6) is 0 Å². The molecule has 0 spiro atoms. The van der Waals surface area contributed by atoms with Crippen molar-refractivity contribution in [1.82, 2.24) is 0 Å². The first kappa shape index (κ1) is 24.2. The van der Waals surface area contributed by atoms with E-state index in [1.165, 1.54) is 0 Å². The van der Waals surface area contributed by atoms with E-state index in [4.69, 9.17) is 32.7 Å². The van der Waals surface area contributed by atoms with E-state index in [-0.39, 0.29) is 11.9 Å². The summed E-state index contributed by atoms with van der Waals surface area (Å²) in [6.07, 6.45) is 8.43. The van der Waals surface area contributed by atoms with Gasteiger partial charge in [0.25, 0.3) is 0 Å². The maximum Gasteiger partial charge on any atom is 0.338 e. The molecule has 2 aromatic carbocycles. The number of halogens is 2. The summed E-state index contributed by atoms with van der Waals surface area (Å²) in [4.78, 5) is 23.7. The molecule has 0 heterocycles. The molecule has 2 aromatic rings. The molecule has 0 N–H and O–H groups in total. The van der Waals surface area contributed by atoms with Crippen molar-refractivity contribution in [2.45, 2.75) is 51.4 Å². The summed E-state index contributed by atoms with van der Waals surface area (Å²) in [6.45, 7) is 0.890. The normalized spacial score (nSPS) is 10.6. The molecule has 0 radical (unpaired) electrons. The number of carbonyl (C=O) groups excluding carboxylic acids is 2. The van der Waals surface area contributed by atoms with E-state index >= 15 is 0 Å². The highest BCUT2D eigenvalue weighted by molar-refractivity contribution is 6.30. The van der Waals surface area contributed by atoms with E-state index in [1.807, 2.05) is 0 Å². The highest BCUT2D eigenvalue weighted by Gasteiger charge is 2.07. The van der Waals surface area contributed by atoms with Crippen molar-refractivity contribution in [3.63, 3.8) is 0 Å². The molecule has 0 aliphatic heterocycles. The minimum Gasteiger partial charge on any atom is -0.462 e. The van der Waals surface area contributed by atoms with E-state index in [1.54, 1.807) is 48.5 Å². The molecule has 4 nitrogen and oxygen atoms in total. The van der Waals surface area contributed by atoms with Gasteiger partial charge in [0, 0.05) is 10.0 Å². The van der Waals surface area contributed by atoms with E-state index in [0.717, 1.165) is 51.4 Å². The van der Waals surface area contributed by atoms with Gasteiger partial charge in [-0.3, -0.25) is 0 Å². The van der Waals surface area contributed by atoms with Crippen molar-refractivity contribution in [1.29, 1.82) is 0 Å². The Morgan fingerprint density at radius 1 is 0.533 bits per heavy atom. The maximum absolute atomic E-state index is 11.9. The molecule has 0 amide bonds. The van der Waals surface area contributed by atoms with E-state index in [9.17, 15) is 9.59 Å². The third-order valence-electron chi connectivity index (χ3n) is 4.66. The standard InChI is InChI=1S/C24H28Cl2O4/c25-21-13-9-19(10-14-21)23(27)29-17-7-5-3-1-2-4-6-8-18-30-24(28)20-11-15-22(26)16-12-20/h9-16H,1-8,17-18H2. The van der Waals surface area contributed by atoms with Crippen LogP contribution in [0.2, 0.25) is 10.0 Å². The van der Waals surface area contributed by atoms with Gasteiger partial charge in [-0.25, -0.2) is 9.59 Å². The first-order valence-electron chi connectivity index (χ1n) is 10.4. The van der Waals surface area contributed by atoms with Gasteiger partial charge in [-0.05, 0) is 61.4 Å². The van der Waals surface area contributed by atoms with Crippen molar-refractivity contribution in [3.8, 4) is 0 Å². The Balaban J connectivity index is 1.39. The molecular weight excluding hydrogens is 423 g/mol. The monoisotopic (exact) mass is 450 g/mol. The number of carbonyl (C=O) groups is 2. The lowest BCUT2D eigenvalue weighted by molar-refractivity contribution is 0.0487. The Morgan fingerprint density at radius 2 is 0.833 bits per heavy atom. The molecule has 2 rings (SSSR count). The number of rotatable bonds is 13. The van der Waals surface area contributed by atoms with Crippen molar-refractivity contribution in [2.24, 2.45) is 0 Å². The summed E-state index contributed by atoms with van der Waals surface area (Å²) >= 11 is 11.6. The first-order chi connectivity index (χ1) is 14.6. The largest absolute Gasteiger partial charge is 0.462 e. The van der Waals surface area contributed by atoms with Crippen molar-refractivity contribution in [2.75, 3.05) is 13.2 Å². The molecule has 30 heavy (non-hydrogen) atoms. The van der Waals surface area contributed by atoms with Gasteiger partial charge in [-0.2, -0.15) is 0 Å². The Bertz CT molecular complexity index is 705. The van der Waals surface area contributed by atoms with Crippen molar-refractivity contribution < 1.29 is 19.1 Å². The van der Waals surface area contributed by atoms with E-state index in [2.05, 4.69) is 0 Å². The molecule has 0 bridgehead atoms. The topological polar surface area (TPSA) is 52.6 Å². The molecule has 0 aliphatic rings. The highest BCUT2D eigenvalue weighted by Crippen LogP contribution is 2.13. The number of hydrogen-bond acceptors (Lipinski definition) is 4. The van der Waals surface area contributed by atoms with Gasteiger partial charge in [-0.15, -0.1) is 0 Å². The second-order valence-electron chi connectivity index (χ2n) is 7.11. The van der Waals surface area contributed by atoms with Crippen LogP contribution in [0.1, 0.15) is 72.1 Å². The van der Waals surface area contributed by atoms with Crippen LogP contribution in [-0.2, 0) is 9.47 Å². The lowest BCUT2D eigenvalue weighted by Gasteiger charge is -2.06. The predicted octanol–water partition coefficient (Wildman–Crippen LogP) is 7.13. The van der Waals surface area contributed by atoms with E-state index < -0.39 is 0 Å². The number of esters is 2. The van der Waals surface area contributed by atoms with Crippen LogP contribution in [-0.4, -0.2) is 25.2 Å². The summed E-state index contributed by atoms with van der Waals surface area (Å²) in [5, 5.41) is 1.20. The minimum absolute atomic E-state index is 0.302. The molecule has 0 aromatic heterocycles. The molecule has 162 valence electrons. The number of unbranched alkanes of at least 4 members (excludes halogenated alkanes) is 7. The van der Waals surface area contributed by atoms with Gasteiger partial charge in [0.05, 0.1) is 24.3 Å². The Labute approximate surface area is 188 Å². The number of benzene rings is 2. The average Bonchev–Trinajstić information content (AvgIpc) is 2.75.